The van der Waals surface area contributed by atoms with E-state index in [1.165, 1.54) is 19.4 Å². The monoisotopic (exact) mass is 466 g/mol. The molecule has 2 unspecified atom stereocenters. The van der Waals surface area contributed by atoms with Crippen molar-refractivity contribution in [3.05, 3.63) is 60.6 Å². The number of nitrogens with zero attached hydrogens (tertiary/aromatic N) is 3. The van der Waals surface area contributed by atoms with Crippen molar-refractivity contribution in [2.75, 3.05) is 25.0 Å². The number of hydrogen-bond acceptors (Lipinski definition) is 7. The number of carbonyl (C=O) groups excluding carboxylic acids is 1. The molecule has 0 radical (unpaired) electrons. The molecule has 3 N–H and O–H groups in total. The minimum atomic E-state index is -1.26. The standard InChI is InChI=1S/C20H22N4O2.C4H4O4/c25-20(22-16-4-6-21-7-5-16)17-2-1-3-18(23-17)26-19-14-8-13-9-15(19)12-24(10-13)11-14;5-3(6)1-2-4(7)8/h1-7,13-15,19H,8-12H2,(H,21,22,25);1-2H,(H,5,6)(H,7,8). The Morgan fingerprint density at radius 1 is 0.971 bits per heavy atom. The summed E-state index contributed by atoms with van der Waals surface area (Å²) in [5.74, 6) is -0.162. The molecule has 4 aliphatic rings. The molecule has 0 spiro atoms. The fraction of sp³-hybridized carbons (Fsp3) is 0.375. The summed E-state index contributed by atoms with van der Waals surface area (Å²) in [6.45, 7) is 3.54. The summed E-state index contributed by atoms with van der Waals surface area (Å²) in [5.41, 5.74) is 1.07. The Hall–Kier alpha value is -3.79. The van der Waals surface area contributed by atoms with Crippen molar-refractivity contribution in [1.82, 2.24) is 14.9 Å². The summed E-state index contributed by atoms with van der Waals surface area (Å²) >= 11 is 0. The Kier molecular flexibility index (Phi) is 7.17. The van der Waals surface area contributed by atoms with Crippen LogP contribution in [0.25, 0.3) is 0 Å². The van der Waals surface area contributed by atoms with E-state index in [0.717, 1.165) is 19.0 Å². The SMILES string of the molecule is O=C(Nc1ccncc1)c1cccc(OC2C3CC4CC2CN(C4)C3)n1.O=C(O)C=CC(=O)O. The molecule has 3 saturated heterocycles. The number of hydrogen-bond donors (Lipinski definition) is 3. The average molecular weight is 466 g/mol. The first-order valence-corrected chi connectivity index (χ1v) is 11.1. The smallest absolute Gasteiger partial charge is 0.328 e. The number of aliphatic carboxylic acids is 2. The van der Waals surface area contributed by atoms with E-state index in [4.69, 9.17) is 14.9 Å². The highest BCUT2D eigenvalue weighted by Gasteiger charge is 2.48. The zero-order valence-electron chi connectivity index (χ0n) is 18.4. The van der Waals surface area contributed by atoms with Gasteiger partial charge in [0, 0.05) is 67.8 Å². The zero-order chi connectivity index (χ0) is 24.1. The van der Waals surface area contributed by atoms with Crippen molar-refractivity contribution in [1.29, 1.82) is 0 Å². The number of ether oxygens (including phenoxy) is 1. The van der Waals surface area contributed by atoms with Gasteiger partial charge in [-0.15, -0.1) is 0 Å². The van der Waals surface area contributed by atoms with Crippen molar-refractivity contribution < 1.29 is 29.3 Å². The lowest BCUT2D eigenvalue weighted by Crippen LogP contribution is -2.61. The second-order valence-electron chi connectivity index (χ2n) is 8.72. The number of carboxylic acids is 2. The predicted molar refractivity (Wildman–Crippen MR) is 121 cm³/mol. The summed E-state index contributed by atoms with van der Waals surface area (Å²) in [7, 11) is 0. The largest absolute Gasteiger partial charge is 0.478 e. The maximum absolute atomic E-state index is 12.4. The number of anilines is 1. The van der Waals surface area contributed by atoms with Gasteiger partial charge in [-0.25, -0.2) is 14.6 Å². The predicted octanol–water partition coefficient (Wildman–Crippen LogP) is 2.16. The summed E-state index contributed by atoms with van der Waals surface area (Å²) in [6, 6.07) is 8.91. The number of rotatable bonds is 6. The molecule has 1 amide bonds. The molecule has 3 aliphatic heterocycles. The van der Waals surface area contributed by atoms with Crippen LogP contribution in [-0.2, 0) is 9.59 Å². The Morgan fingerprint density at radius 2 is 1.62 bits per heavy atom. The van der Waals surface area contributed by atoms with Crippen LogP contribution in [0.3, 0.4) is 0 Å². The molecule has 1 aliphatic carbocycles. The van der Waals surface area contributed by atoms with Crippen LogP contribution in [0.1, 0.15) is 23.3 Å². The first-order chi connectivity index (χ1) is 16.4. The number of piperidine rings is 3. The van der Waals surface area contributed by atoms with Crippen LogP contribution in [0.2, 0.25) is 0 Å². The lowest BCUT2D eigenvalue weighted by Gasteiger charge is -2.55. The first-order valence-electron chi connectivity index (χ1n) is 11.1. The Bertz CT molecular complexity index is 1030. The normalized spacial score (nSPS) is 26.4. The Labute approximate surface area is 196 Å². The van der Waals surface area contributed by atoms with Gasteiger partial charge in [0.25, 0.3) is 5.91 Å². The number of carbonyl (C=O) groups is 3. The van der Waals surface area contributed by atoms with E-state index in [2.05, 4.69) is 20.2 Å². The number of pyridine rings is 2. The highest BCUT2D eigenvalue weighted by Crippen LogP contribution is 2.44. The van der Waals surface area contributed by atoms with Gasteiger partial charge in [0.1, 0.15) is 11.8 Å². The molecule has 34 heavy (non-hydrogen) atoms. The lowest BCUT2D eigenvalue weighted by molar-refractivity contribution is -0.134. The summed E-state index contributed by atoms with van der Waals surface area (Å²) < 4.78 is 6.30. The minimum absolute atomic E-state index is 0.230. The van der Waals surface area contributed by atoms with Crippen LogP contribution in [0.5, 0.6) is 5.88 Å². The van der Waals surface area contributed by atoms with Gasteiger partial charge < -0.3 is 25.2 Å². The molecule has 6 rings (SSSR count). The van der Waals surface area contributed by atoms with Crippen molar-refractivity contribution in [3.8, 4) is 5.88 Å². The fourth-order valence-electron chi connectivity index (χ4n) is 5.08. The second kappa shape index (κ2) is 10.4. The van der Waals surface area contributed by atoms with Gasteiger partial charge in [-0.05, 0) is 37.0 Å². The van der Waals surface area contributed by atoms with Gasteiger partial charge in [-0.1, -0.05) is 6.07 Å². The van der Waals surface area contributed by atoms with Crippen molar-refractivity contribution in [2.24, 2.45) is 17.8 Å². The second-order valence-corrected chi connectivity index (χ2v) is 8.72. The highest BCUT2D eigenvalue weighted by molar-refractivity contribution is 6.02. The molecular weight excluding hydrogens is 440 g/mol. The third-order valence-corrected chi connectivity index (χ3v) is 6.22. The zero-order valence-corrected chi connectivity index (χ0v) is 18.4. The highest BCUT2D eigenvalue weighted by atomic mass is 16.5. The minimum Gasteiger partial charge on any atom is -0.478 e. The molecule has 2 aromatic rings. The Balaban J connectivity index is 0.000000297. The fourth-order valence-corrected chi connectivity index (χ4v) is 5.08. The van der Waals surface area contributed by atoms with E-state index in [9.17, 15) is 14.4 Å². The van der Waals surface area contributed by atoms with Gasteiger partial charge in [0.05, 0.1) is 0 Å². The molecule has 178 valence electrons. The molecule has 10 nitrogen and oxygen atoms in total. The molecule has 5 heterocycles. The van der Waals surface area contributed by atoms with Crippen LogP contribution in [0.4, 0.5) is 5.69 Å². The van der Waals surface area contributed by atoms with E-state index >= 15 is 0 Å². The third-order valence-electron chi connectivity index (χ3n) is 6.22. The van der Waals surface area contributed by atoms with E-state index in [1.807, 2.05) is 12.1 Å². The van der Waals surface area contributed by atoms with Crippen molar-refractivity contribution in [2.45, 2.75) is 18.9 Å². The lowest BCUT2D eigenvalue weighted by atomic mass is 9.66. The van der Waals surface area contributed by atoms with Crippen molar-refractivity contribution in [3.63, 3.8) is 0 Å². The van der Waals surface area contributed by atoms with Gasteiger partial charge in [-0.3, -0.25) is 9.78 Å². The topological polar surface area (TPSA) is 142 Å². The number of carboxylic acid groups (broad SMARTS) is 2. The quantitative estimate of drug-likeness (QED) is 0.546. The maximum Gasteiger partial charge on any atom is 0.328 e. The molecule has 0 aromatic carbocycles. The molecule has 2 atom stereocenters. The molecule has 1 saturated carbocycles. The van der Waals surface area contributed by atoms with Crippen LogP contribution >= 0.6 is 0 Å². The van der Waals surface area contributed by atoms with Crippen LogP contribution in [0.15, 0.2) is 54.9 Å². The van der Waals surface area contributed by atoms with Gasteiger partial charge in [0.15, 0.2) is 0 Å². The number of amides is 1. The molecule has 4 bridgehead atoms. The molecule has 10 heteroatoms. The van der Waals surface area contributed by atoms with E-state index in [-0.39, 0.29) is 12.0 Å². The van der Waals surface area contributed by atoms with Gasteiger partial charge >= 0.3 is 11.9 Å². The summed E-state index contributed by atoms with van der Waals surface area (Å²) in [4.78, 5) is 42.5. The summed E-state index contributed by atoms with van der Waals surface area (Å²) in [6.07, 6.45) is 7.16. The number of nitrogens with one attached hydrogen (secondary N) is 1. The van der Waals surface area contributed by atoms with Crippen molar-refractivity contribution >= 4 is 23.5 Å². The third kappa shape index (κ3) is 5.96. The van der Waals surface area contributed by atoms with Crippen LogP contribution < -0.4 is 10.1 Å². The number of aromatic nitrogens is 2. The molecule has 2 aromatic heterocycles. The molecule has 4 fully saturated rings. The van der Waals surface area contributed by atoms with Crippen LogP contribution in [0, 0.1) is 17.8 Å². The average Bonchev–Trinajstić information content (AvgIpc) is 2.81. The Morgan fingerprint density at radius 3 is 2.21 bits per heavy atom. The van der Waals surface area contributed by atoms with E-state index in [1.54, 1.807) is 30.6 Å². The van der Waals surface area contributed by atoms with Gasteiger partial charge in [-0.2, -0.15) is 0 Å². The first kappa shape index (κ1) is 23.4. The van der Waals surface area contributed by atoms with E-state index < -0.39 is 11.9 Å². The van der Waals surface area contributed by atoms with E-state index in [0.29, 0.717) is 41.2 Å². The molecular formula is C24H26N4O6. The summed E-state index contributed by atoms with van der Waals surface area (Å²) in [5, 5.41) is 18.5. The van der Waals surface area contributed by atoms with Crippen LogP contribution in [-0.4, -0.2) is 68.7 Å². The maximum atomic E-state index is 12.4. The van der Waals surface area contributed by atoms with Gasteiger partial charge in [0.2, 0.25) is 5.88 Å².